The Morgan fingerprint density at radius 3 is 2.22 bits per heavy atom. The second-order valence-electron chi connectivity index (χ2n) is 6.35. The number of aliphatic hydroxyl groups is 1. The topological polar surface area (TPSA) is 23.5 Å². The van der Waals surface area contributed by atoms with Gasteiger partial charge in [0.1, 0.15) is 6.23 Å². The summed E-state index contributed by atoms with van der Waals surface area (Å²) < 4.78 is 0. The van der Waals surface area contributed by atoms with E-state index in [0.717, 1.165) is 43.8 Å². The van der Waals surface area contributed by atoms with E-state index in [0.29, 0.717) is 0 Å². The van der Waals surface area contributed by atoms with Gasteiger partial charge in [-0.25, -0.2) is 0 Å². The molecule has 1 N–H and O–H groups in total. The van der Waals surface area contributed by atoms with Gasteiger partial charge < -0.3 is 5.11 Å². The van der Waals surface area contributed by atoms with Crippen molar-refractivity contribution >= 4 is 6.08 Å². The van der Waals surface area contributed by atoms with Crippen molar-refractivity contribution < 1.29 is 5.11 Å². The number of nitrogens with zero attached hydrogens (tertiary/aromatic N) is 1. The molecule has 2 aromatic rings. The lowest BCUT2D eigenvalue weighted by Crippen LogP contribution is -2.40. The molecule has 0 aliphatic carbocycles. The lowest BCUT2D eigenvalue weighted by Gasteiger charge is -2.34. The first-order chi connectivity index (χ1) is 11.3. The molecule has 1 heterocycles. The second-order valence-corrected chi connectivity index (χ2v) is 6.35. The van der Waals surface area contributed by atoms with E-state index in [1.807, 2.05) is 30.4 Å². The highest BCUT2D eigenvalue weighted by atomic mass is 16.3. The molecule has 23 heavy (non-hydrogen) atoms. The summed E-state index contributed by atoms with van der Waals surface area (Å²) in [6.07, 6.45) is 6.89. The molecule has 0 spiro atoms. The van der Waals surface area contributed by atoms with Crippen molar-refractivity contribution in [3.8, 4) is 0 Å². The zero-order valence-electron chi connectivity index (χ0n) is 13.5. The van der Waals surface area contributed by atoms with Crippen LogP contribution < -0.4 is 0 Å². The Labute approximate surface area is 139 Å². The average molecular weight is 307 g/mol. The normalized spacial score (nSPS) is 18.3. The molecule has 0 radical (unpaired) electrons. The molecule has 1 fully saturated rings. The maximum atomic E-state index is 10.4. The van der Waals surface area contributed by atoms with Gasteiger partial charge in [0.15, 0.2) is 0 Å². The fourth-order valence-corrected chi connectivity index (χ4v) is 3.25. The predicted octanol–water partition coefficient (Wildman–Crippen LogP) is 3.97. The van der Waals surface area contributed by atoms with E-state index in [1.165, 1.54) is 5.56 Å². The summed E-state index contributed by atoms with van der Waals surface area (Å²) >= 11 is 0. The molecule has 0 saturated carbocycles. The predicted molar refractivity (Wildman–Crippen MR) is 95.9 cm³/mol. The first kappa shape index (κ1) is 16.0. The first-order valence-electron chi connectivity index (χ1n) is 8.50. The molecule has 1 saturated heterocycles. The van der Waals surface area contributed by atoms with Crippen molar-refractivity contribution in [2.45, 2.75) is 25.5 Å². The smallest absolute Gasteiger partial charge is 0.126 e. The number of likely N-dealkylation sites (tertiary alicyclic amines) is 1. The van der Waals surface area contributed by atoms with Crippen molar-refractivity contribution in [1.29, 1.82) is 0 Å². The molecule has 2 nitrogen and oxygen atoms in total. The van der Waals surface area contributed by atoms with E-state index < -0.39 is 6.23 Å². The molecule has 120 valence electrons. The molecular formula is C21H25NO. The van der Waals surface area contributed by atoms with Gasteiger partial charge in [0, 0.05) is 13.1 Å². The molecule has 1 aliphatic rings. The lowest BCUT2D eigenvalue weighted by atomic mass is 9.90. The average Bonchev–Trinajstić information content (AvgIpc) is 2.62. The first-order valence-corrected chi connectivity index (χ1v) is 8.50. The summed E-state index contributed by atoms with van der Waals surface area (Å²) in [6, 6.07) is 20.9. The third-order valence-corrected chi connectivity index (χ3v) is 4.65. The molecule has 1 aliphatic heterocycles. The van der Waals surface area contributed by atoms with Gasteiger partial charge in [-0.05, 0) is 42.4 Å². The number of hydrogen-bond donors (Lipinski definition) is 1. The molecule has 0 bridgehead atoms. The van der Waals surface area contributed by atoms with E-state index in [1.54, 1.807) is 0 Å². The summed E-state index contributed by atoms with van der Waals surface area (Å²) in [5, 5.41) is 10.4. The minimum absolute atomic E-state index is 0.479. The van der Waals surface area contributed by atoms with Crippen molar-refractivity contribution in [3.05, 3.63) is 77.9 Å². The molecule has 0 aromatic heterocycles. The molecule has 0 amide bonds. The molecule has 1 atom stereocenters. The Bertz CT molecular complexity index is 600. The maximum Gasteiger partial charge on any atom is 0.126 e. The van der Waals surface area contributed by atoms with Crippen LogP contribution in [0.3, 0.4) is 0 Å². The van der Waals surface area contributed by atoms with Crippen LogP contribution in [0.25, 0.3) is 6.08 Å². The van der Waals surface area contributed by atoms with Crippen molar-refractivity contribution in [2.75, 3.05) is 13.1 Å². The largest absolute Gasteiger partial charge is 0.375 e. The van der Waals surface area contributed by atoms with E-state index in [4.69, 9.17) is 0 Å². The standard InChI is InChI=1S/C21H25NO/c23-21(12-11-18-7-3-1-4-8-18)22-15-13-20(14-16-22)17-19-9-5-2-6-10-19/h1-12,20-21,23H,13-17H2/b12-11+. The van der Waals surface area contributed by atoms with Crippen molar-refractivity contribution in [1.82, 2.24) is 4.90 Å². The fourth-order valence-electron chi connectivity index (χ4n) is 3.25. The number of rotatable bonds is 5. The number of hydrogen-bond acceptors (Lipinski definition) is 2. The van der Waals surface area contributed by atoms with Gasteiger partial charge in [-0.2, -0.15) is 0 Å². The zero-order chi connectivity index (χ0) is 15.9. The van der Waals surface area contributed by atoms with Gasteiger partial charge >= 0.3 is 0 Å². The quantitative estimate of drug-likeness (QED) is 0.903. The Kier molecular flexibility index (Phi) is 5.62. The van der Waals surface area contributed by atoms with E-state index >= 15 is 0 Å². The van der Waals surface area contributed by atoms with Gasteiger partial charge in [-0.1, -0.05) is 66.7 Å². The third-order valence-electron chi connectivity index (χ3n) is 4.65. The molecule has 2 heteroatoms. The Balaban J connectivity index is 1.47. The SMILES string of the molecule is OC(/C=C/c1ccccc1)N1CCC(Cc2ccccc2)CC1. The monoisotopic (exact) mass is 307 g/mol. The summed E-state index contributed by atoms with van der Waals surface area (Å²) in [6.45, 7) is 1.94. The third kappa shape index (κ3) is 4.78. The van der Waals surface area contributed by atoms with Crippen LogP contribution in [0.4, 0.5) is 0 Å². The van der Waals surface area contributed by atoms with Crippen LogP contribution in [0.2, 0.25) is 0 Å². The lowest BCUT2D eigenvalue weighted by molar-refractivity contribution is 0.0176. The molecule has 3 rings (SSSR count). The van der Waals surface area contributed by atoms with Crippen LogP contribution in [0, 0.1) is 5.92 Å². The highest BCUT2D eigenvalue weighted by molar-refractivity contribution is 5.49. The van der Waals surface area contributed by atoms with Gasteiger partial charge in [-0.15, -0.1) is 0 Å². The van der Waals surface area contributed by atoms with Gasteiger partial charge in [0.25, 0.3) is 0 Å². The molecule has 2 aromatic carbocycles. The number of benzene rings is 2. The second kappa shape index (κ2) is 8.09. The summed E-state index contributed by atoms with van der Waals surface area (Å²) in [4.78, 5) is 2.17. The van der Waals surface area contributed by atoms with E-state index in [-0.39, 0.29) is 0 Å². The van der Waals surface area contributed by atoms with E-state index in [9.17, 15) is 5.11 Å². The summed E-state index contributed by atoms with van der Waals surface area (Å²) in [7, 11) is 0. The Morgan fingerprint density at radius 1 is 0.957 bits per heavy atom. The van der Waals surface area contributed by atoms with Crippen LogP contribution in [-0.4, -0.2) is 29.3 Å². The zero-order valence-corrected chi connectivity index (χ0v) is 13.5. The van der Waals surface area contributed by atoms with Gasteiger partial charge in [0.05, 0.1) is 0 Å². The van der Waals surface area contributed by atoms with Crippen LogP contribution in [-0.2, 0) is 6.42 Å². The minimum Gasteiger partial charge on any atom is -0.375 e. The van der Waals surface area contributed by atoms with Crippen LogP contribution in [0.1, 0.15) is 24.0 Å². The van der Waals surface area contributed by atoms with Crippen LogP contribution in [0.15, 0.2) is 66.7 Å². The maximum absolute atomic E-state index is 10.4. The summed E-state index contributed by atoms with van der Waals surface area (Å²) in [5.74, 6) is 0.735. The van der Waals surface area contributed by atoms with Gasteiger partial charge in [-0.3, -0.25) is 4.90 Å². The highest BCUT2D eigenvalue weighted by Crippen LogP contribution is 2.22. The van der Waals surface area contributed by atoms with E-state index in [2.05, 4.69) is 47.4 Å². The minimum atomic E-state index is -0.479. The number of aliphatic hydroxyl groups excluding tert-OH is 1. The fraction of sp³-hybridized carbons (Fsp3) is 0.333. The van der Waals surface area contributed by atoms with Crippen LogP contribution in [0.5, 0.6) is 0 Å². The molecule has 1 unspecified atom stereocenters. The van der Waals surface area contributed by atoms with Gasteiger partial charge in [0.2, 0.25) is 0 Å². The molecular weight excluding hydrogens is 282 g/mol. The Morgan fingerprint density at radius 2 is 1.57 bits per heavy atom. The Hall–Kier alpha value is -1.90. The van der Waals surface area contributed by atoms with Crippen molar-refractivity contribution in [2.24, 2.45) is 5.92 Å². The van der Waals surface area contributed by atoms with Crippen LogP contribution >= 0.6 is 0 Å². The number of piperidine rings is 1. The summed E-state index contributed by atoms with van der Waals surface area (Å²) in [5.41, 5.74) is 2.56. The van der Waals surface area contributed by atoms with Crippen molar-refractivity contribution in [3.63, 3.8) is 0 Å². The highest BCUT2D eigenvalue weighted by Gasteiger charge is 2.22.